The second kappa shape index (κ2) is 21.7. The van der Waals surface area contributed by atoms with Crippen molar-refractivity contribution in [1.29, 1.82) is 0 Å². The highest BCUT2D eigenvalue weighted by Gasteiger charge is 2.40. The van der Waals surface area contributed by atoms with Gasteiger partial charge in [-0.3, -0.25) is 33.6 Å². The first-order valence-electron chi connectivity index (χ1n) is 19.1. The van der Waals surface area contributed by atoms with Gasteiger partial charge in [-0.1, -0.05) is 80.1 Å². The monoisotopic (exact) mass is 720 g/mol. The molecule has 0 saturated carbocycles. The summed E-state index contributed by atoms with van der Waals surface area (Å²) in [6, 6.07) is -5.09. The minimum atomic E-state index is -1.62. The number of hydrogen-bond donors (Lipinski definition) is 6. The lowest BCUT2D eigenvalue weighted by Gasteiger charge is -2.31. The number of β-amino-alcohol motifs (C(OH)–C–C–N with tert-alkyl or cyclic N) is 1. The predicted octanol–water partition coefficient (Wildman–Crippen LogP) is 1.87. The number of amides is 6. The first-order chi connectivity index (χ1) is 24.1. The third-order valence-corrected chi connectivity index (χ3v) is 9.72. The average molecular weight is 721 g/mol. The maximum atomic E-state index is 13.8. The van der Waals surface area contributed by atoms with E-state index in [-0.39, 0.29) is 37.6 Å². The lowest BCUT2D eigenvalue weighted by atomic mass is 9.91. The number of nitrogens with one attached hydrogen (secondary N) is 5. The number of rotatable bonds is 13. The Bertz CT molecular complexity index is 1210. The van der Waals surface area contributed by atoms with E-state index in [4.69, 9.17) is 0 Å². The predicted molar refractivity (Wildman–Crippen MR) is 193 cm³/mol. The molecule has 7 atom stereocenters. The average Bonchev–Trinajstić information content (AvgIpc) is 3.56. The Hall–Kier alpha value is -3.55. The molecule has 2 heterocycles. The molecular weight excluding hydrogens is 656 g/mol. The molecule has 6 amide bonds. The van der Waals surface area contributed by atoms with Gasteiger partial charge in [-0.15, -0.1) is 0 Å². The molecule has 2 unspecified atom stereocenters. The maximum absolute atomic E-state index is 13.8. The van der Waals surface area contributed by atoms with Gasteiger partial charge in [0.25, 0.3) is 0 Å². The van der Waals surface area contributed by atoms with Crippen molar-refractivity contribution in [2.24, 2.45) is 17.8 Å². The van der Waals surface area contributed by atoms with Crippen LogP contribution in [0.15, 0.2) is 0 Å². The van der Waals surface area contributed by atoms with E-state index in [0.29, 0.717) is 19.3 Å². The summed E-state index contributed by atoms with van der Waals surface area (Å²) < 4.78 is 0. The lowest BCUT2D eigenvalue weighted by Crippen LogP contribution is -2.60. The van der Waals surface area contributed by atoms with Crippen LogP contribution in [0.3, 0.4) is 0 Å². The molecule has 0 aliphatic carbocycles. The fourth-order valence-corrected chi connectivity index (χ4v) is 6.68. The molecule has 290 valence electrons. The first-order valence-corrected chi connectivity index (χ1v) is 19.1. The summed E-state index contributed by atoms with van der Waals surface area (Å²) in [5.41, 5.74) is 0. The number of fused-ring (bicyclic) bond motifs is 1. The van der Waals surface area contributed by atoms with Crippen molar-refractivity contribution in [1.82, 2.24) is 31.5 Å². The summed E-state index contributed by atoms with van der Waals surface area (Å²) >= 11 is 0. The maximum Gasteiger partial charge on any atom is 0.245 e. The van der Waals surface area contributed by atoms with Crippen LogP contribution in [0.1, 0.15) is 126 Å². The van der Waals surface area contributed by atoms with Crippen LogP contribution >= 0.6 is 0 Å². The minimum absolute atomic E-state index is 0.0381. The van der Waals surface area contributed by atoms with Gasteiger partial charge in [-0.2, -0.15) is 0 Å². The van der Waals surface area contributed by atoms with Gasteiger partial charge in [0.2, 0.25) is 35.4 Å². The SMILES string of the molecule is CCCCCCCCCC(=O)C1C(=O)N[C@@H](CC(C)C)C(=O)N[C@H](C)C(=O)N2CCC[C@H]2C(=O)N[C@@H](C(C)C)C(=O)N[C@@H](CC)C(=O)NCC1O. The normalized spacial score (nSPS) is 27.7. The quantitative estimate of drug-likeness (QED) is 0.122. The molecule has 2 rings (SSSR count). The number of ketones is 1. The summed E-state index contributed by atoms with van der Waals surface area (Å²) in [6.07, 6.45) is 6.38. The van der Waals surface area contributed by atoms with E-state index in [0.717, 1.165) is 38.5 Å². The Balaban J connectivity index is 2.44. The van der Waals surface area contributed by atoms with Gasteiger partial charge < -0.3 is 36.6 Å². The zero-order valence-corrected chi connectivity index (χ0v) is 31.8. The van der Waals surface area contributed by atoms with Crippen LogP contribution in [0, 0.1) is 17.8 Å². The molecular formula is C37H64N6O8. The molecule has 2 aliphatic rings. The van der Waals surface area contributed by atoms with Crippen molar-refractivity contribution in [3.8, 4) is 0 Å². The van der Waals surface area contributed by atoms with E-state index in [1.807, 2.05) is 13.8 Å². The van der Waals surface area contributed by atoms with Gasteiger partial charge in [-0.05, 0) is 50.9 Å². The van der Waals surface area contributed by atoms with Gasteiger partial charge in [0.15, 0.2) is 0 Å². The Labute approximate surface area is 303 Å². The van der Waals surface area contributed by atoms with Crippen LogP contribution < -0.4 is 26.6 Å². The standard InChI is InChI=1S/C37H64N6O8/c1-8-10-11-12-13-14-15-18-28(44)30-29(45)21-38-32(46)25(9-2)40-36(50)31(23(5)6)42-34(48)27-17-16-19-43(27)37(51)24(7)39-33(47)26(20-22(3)4)41-35(30)49/h22-27,29-31,45H,8-21H2,1-7H3,(H,38,46)(H,39,47)(H,40,50)(H,41,49)(H,42,48)/t24-,25+,26+,27+,29?,30?,31+/m1/s1. The van der Waals surface area contributed by atoms with Crippen LogP contribution in [0.25, 0.3) is 0 Å². The van der Waals surface area contributed by atoms with Gasteiger partial charge in [0.1, 0.15) is 41.9 Å². The summed E-state index contributed by atoms with van der Waals surface area (Å²) in [7, 11) is 0. The van der Waals surface area contributed by atoms with Gasteiger partial charge in [0.05, 0.1) is 6.10 Å². The zero-order valence-electron chi connectivity index (χ0n) is 31.8. The van der Waals surface area contributed by atoms with E-state index >= 15 is 0 Å². The van der Waals surface area contributed by atoms with Crippen molar-refractivity contribution in [3.05, 3.63) is 0 Å². The summed E-state index contributed by atoms with van der Waals surface area (Å²) in [4.78, 5) is 96.1. The second-order valence-electron chi connectivity index (χ2n) is 14.9. The molecule has 14 heteroatoms. The van der Waals surface area contributed by atoms with E-state index in [1.165, 1.54) is 11.8 Å². The van der Waals surface area contributed by atoms with Crippen molar-refractivity contribution in [3.63, 3.8) is 0 Å². The Morgan fingerprint density at radius 2 is 1.41 bits per heavy atom. The number of aliphatic hydroxyl groups is 1. The number of nitrogens with zero attached hydrogens (tertiary/aromatic N) is 1. The number of unbranched alkanes of at least 4 members (excludes halogenated alkanes) is 6. The van der Waals surface area contributed by atoms with Crippen LogP contribution in [0.2, 0.25) is 0 Å². The number of hydrogen-bond acceptors (Lipinski definition) is 8. The van der Waals surface area contributed by atoms with Crippen LogP contribution in [0.5, 0.6) is 0 Å². The Morgan fingerprint density at radius 3 is 2.02 bits per heavy atom. The van der Waals surface area contributed by atoms with Crippen molar-refractivity contribution in [2.75, 3.05) is 13.1 Å². The van der Waals surface area contributed by atoms with Gasteiger partial charge in [0, 0.05) is 19.5 Å². The first kappa shape index (κ1) is 43.6. The largest absolute Gasteiger partial charge is 0.390 e. The van der Waals surface area contributed by atoms with Gasteiger partial charge in [-0.25, -0.2) is 0 Å². The topological polar surface area (TPSA) is 203 Å². The summed E-state index contributed by atoms with van der Waals surface area (Å²) in [5, 5.41) is 24.6. The Morgan fingerprint density at radius 1 is 0.784 bits per heavy atom. The lowest BCUT2D eigenvalue weighted by molar-refractivity contribution is -0.143. The highest BCUT2D eigenvalue weighted by atomic mass is 16.3. The highest BCUT2D eigenvalue weighted by molar-refractivity contribution is 6.04. The molecule has 2 aliphatic heterocycles. The molecule has 51 heavy (non-hydrogen) atoms. The smallest absolute Gasteiger partial charge is 0.245 e. The zero-order chi connectivity index (χ0) is 38.2. The van der Waals surface area contributed by atoms with Crippen molar-refractivity contribution >= 4 is 41.2 Å². The highest BCUT2D eigenvalue weighted by Crippen LogP contribution is 2.20. The third kappa shape index (κ3) is 13.5. The molecule has 0 aromatic rings. The molecule has 2 saturated heterocycles. The molecule has 0 spiro atoms. The Kier molecular flexibility index (Phi) is 18.6. The fraction of sp³-hybridized carbons (Fsp3) is 0.811. The fourth-order valence-electron chi connectivity index (χ4n) is 6.68. The molecule has 2 fully saturated rings. The molecule has 0 aromatic carbocycles. The van der Waals surface area contributed by atoms with E-state index in [1.54, 1.807) is 20.8 Å². The number of carbonyl (C=O) groups excluding carboxylic acids is 7. The van der Waals surface area contributed by atoms with Crippen molar-refractivity contribution in [2.45, 2.75) is 162 Å². The molecule has 0 bridgehead atoms. The van der Waals surface area contributed by atoms with E-state index in [9.17, 15) is 38.7 Å². The van der Waals surface area contributed by atoms with E-state index < -0.39 is 90.0 Å². The number of Topliss-reactive ketones (excluding diaryl/α,β-unsaturated/α-hetero) is 1. The molecule has 0 aromatic heterocycles. The third-order valence-electron chi connectivity index (χ3n) is 9.72. The number of carbonyl (C=O) groups is 7. The second-order valence-corrected chi connectivity index (χ2v) is 14.9. The summed E-state index contributed by atoms with van der Waals surface area (Å²) in [6.45, 7) is 12.4. The van der Waals surface area contributed by atoms with E-state index in [2.05, 4.69) is 33.5 Å². The van der Waals surface area contributed by atoms with Crippen LogP contribution in [-0.4, -0.2) is 101 Å². The molecule has 6 N–H and O–H groups in total. The minimum Gasteiger partial charge on any atom is -0.390 e. The van der Waals surface area contributed by atoms with Crippen molar-refractivity contribution < 1.29 is 38.7 Å². The van der Waals surface area contributed by atoms with Gasteiger partial charge >= 0.3 is 0 Å². The summed E-state index contributed by atoms with van der Waals surface area (Å²) in [5.74, 6) is -6.23. The van der Waals surface area contributed by atoms with Crippen LogP contribution in [0.4, 0.5) is 0 Å². The van der Waals surface area contributed by atoms with Crippen LogP contribution in [-0.2, 0) is 33.6 Å². The number of aliphatic hydroxyl groups excluding tert-OH is 1. The molecule has 14 nitrogen and oxygen atoms in total. The molecule has 0 radical (unpaired) electrons.